The van der Waals surface area contributed by atoms with Gasteiger partial charge in [-0.15, -0.1) is 0 Å². The van der Waals surface area contributed by atoms with Crippen LogP contribution < -0.4 is 4.74 Å². The fourth-order valence-corrected chi connectivity index (χ4v) is 3.53. The smallest absolute Gasteiger partial charge is 0.165 e. The molecule has 1 aromatic rings. The summed E-state index contributed by atoms with van der Waals surface area (Å²) >= 11 is 1.88. The lowest BCUT2D eigenvalue weighted by Gasteiger charge is -2.33. The maximum Gasteiger partial charge on any atom is 0.165 e. The van der Waals surface area contributed by atoms with Gasteiger partial charge in [0.15, 0.2) is 11.6 Å². The molecule has 1 fully saturated rings. The van der Waals surface area contributed by atoms with Crippen molar-refractivity contribution in [3.05, 3.63) is 30.1 Å². The molecule has 0 bridgehead atoms. The zero-order valence-corrected chi connectivity index (χ0v) is 13.3. The number of hydrogen-bond acceptors (Lipinski definition) is 4. The van der Waals surface area contributed by atoms with Crippen molar-refractivity contribution in [1.82, 2.24) is 4.90 Å². The summed E-state index contributed by atoms with van der Waals surface area (Å²) in [6.45, 7) is 2.79. The van der Waals surface area contributed by atoms with Crippen molar-refractivity contribution < 1.29 is 14.2 Å². The van der Waals surface area contributed by atoms with E-state index < -0.39 is 6.10 Å². The van der Waals surface area contributed by atoms with Gasteiger partial charge in [-0.25, -0.2) is 4.39 Å². The predicted octanol–water partition coefficient (Wildman–Crippen LogP) is 2.64. The van der Waals surface area contributed by atoms with Gasteiger partial charge in [-0.05, 0) is 49.4 Å². The molecule has 5 heteroatoms. The maximum absolute atomic E-state index is 13.4. The van der Waals surface area contributed by atoms with E-state index >= 15 is 0 Å². The van der Waals surface area contributed by atoms with Crippen LogP contribution in [-0.2, 0) is 0 Å². The highest BCUT2D eigenvalue weighted by Gasteiger charge is 2.21. The van der Waals surface area contributed by atoms with Gasteiger partial charge in [-0.2, -0.15) is 11.8 Å². The number of halogens is 1. The van der Waals surface area contributed by atoms with Crippen LogP contribution in [-0.4, -0.2) is 54.4 Å². The highest BCUT2D eigenvalue weighted by Crippen LogP contribution is 2.20. The van der Waals surface area contributed by atoms with Crippen molar-refractivity contribution in [2.75, 3.05) is 38.2 Å². The molecule has 2 unspecified atom stereocenters. The summed E-state index contributed by atoms with van der Waals surface area (Å²) in [5.41, 5.74) is 0. The first-order valence-electron chi connectivity index (χ1n) is 7.45. The lowest BCUT2D eigenvalue weighted by Crippen LogP contribution is -2.42. The second kappa shape index (κ2) is 8.61. The monoisotopic (exact) mass is 313 g/mol. The van der Waals surface area contributed by atoms with E-state index in [2.05, 4.69) is 11.2 Å². The van der Waals surface area contributed by atoms with Gasteiger partial charge in [0.05, 0.1) is 0 Å². The fourth-order valence-electron chi connectivity index (χ4n) is 2.79. The summed E-state index contributed by atoms with van der Waals surface area (Å²) in [5, 5.41) is 10.1. The minimum atomic E-state index is -0.586. The van der Waals surface area contributed by atoms with Gasteiger partial charge >= 0.3 is 0 Å². The average molecular weight is 313 g/mol. The van der Waals surface area contributed by atoms with Gasteiger partial charge < -0.3 is 14.7 Å². The fraction of sp³-hybridized carbons (Fsp3) is 0.625. The summed E-state index contributed by atoms with van der Waals surface area (Å²) < 4.78 is 18.8. The number of hydrogen-bond donors (Lipinski definition) is 1. The highest BCUT2D eigenvalue weighted by atomic mass is 32.2. The van der Waals surface area contributed by atoms with Crippen LogP contribution in [0.5, 0.6) is 5.75 Å². The van der Waals surface area contributed by atoms with Crippen LogP contribution in [0.25, 0.3) is 0 Å². The van der Waals surface area contributed by atoms with Gasteiger partial charge in [-0.3, -0.25) is 0 Å². The average Bonchev–Trinajstić information content (AvgIpc) is 2.47. The van der Waals surface area contributed by atoms with Crippen LogP contribution in [0.1, 0.15) is 12.8 Å². The Morgan fingerprint density at radius 3 is 3.05 bits per heavy atom. The van der Waals surface area contributed by atoms with Crippen molar-refractivity contribution in [1.29, 1.82) is 0 Å². The molecule has 3 nitrogen and oxygen atoms in total. The van der Waals surface area contributed by atoms with Gasteiger partial charge in [0, 0.05) is 13.1 Å². The van der Waals surface area contributed by atoms with Crippen LogP contribution in [0.2, 0.25) is 0 Å². The number of likely N-dealkylation sites (tertiary alicyclic amines) is 1. The van der Waals surface area contributed by atoms with Crippen molar-refractivity contribution in [3.8, 4) is 5.75 Å². The third-order valence-electron chi connectivity index (χ3n) is 3.74. The summed E-state index contributed by atoms with van der Waals surface area (Å²) in [5.74, 6) is 1.71. The van der Waals surface area contributed by atoms with Gasteiger partial charge in [0.1, 0.15) is 12.7 Å². The molecule has 2 atom stereocenters. The second-order valence-corrected chi connectivity index (χ2v) is 6.53. The number of aliphatic hydroxyl groups excluding tert-OH is 1. The third-order valence-corrected chi connectivity index (χ3v) is 4.55. The van der Waals surface area contributed by atoms with Crippen LogP contribution in [0.3, 0.4) is 0 Å². The zero-order chi connectivity index (χ0) is 15.1. The minimum absolute atomic E-state index is 0.130. The lowest BCUT2D eigenvalue weighted by atomic mass is 10.00. The number of β-amino-alcohol motifs (C(OH)–C–C–N with tert-alkyl or cyclic N) is 1. The first-order valence-corrected chi connectivity index (χ1v) is 8.85. The molecule has 1 heterocycles. The second-order valence-electron chi connectivity index (χ2n) is 5.62. The standard InChI is InChI=1S/C16H24FNO2S/c1-21-12-13-5-4-8-18(9-13)10-14(19)11-20-16-7-3-2-6-15(16)17/h2-3,6-7,13-14,19H,4-5,8-12H2,1H3. The van der Waals surface area contributed by atoms with E-state index in [0.717, 1.165) is 13.1 Å². The molecule has 0 amide bonds. The molecular weight excluding hydrogens is 289 g/mol. The maximum atomic E-state index is 13.4. The summed E-state index contributed by atoms with van der Waals surface area (Å²) in [7, 11) is 0. The number of para-hydroxylation sites is 1. The third kappa shape index (κ3) is 5.49. The Kier molecular flexibility index (Phi) is 6.80. The number of thioether (sulfide) groups is 1. The largest absolute Gasteiger partial charge is 0.488 e. The Morgan fingerprint density at radius 2 is 2.29 bits per heavy atom. The first-order chi connectivity index (χ1) is 10.2. The zero-order valence-electron chi connectivity index (χ0n) is 12.5. The van der Waals surface area contributed by atoms with E-state index in [-0.39, 0.29) is 18.2 Å². The summed E-state index contributed by atoms with van der Waals surface area (Å²) in [6, 6.07) is 6.29. The van der Waals surface area contributed by atoms with Crippen molar-refractivity contribution in [3.63, 3.8) is 0 Å². The Bertz CT molecular complexity index is 430. The minimum Gasteiger partial charge on any atom is -0.488 e. The van der Waals surface area contributed by atoms with E-state index in [1.807, 2.05) is 11.8 Å². The number of aliphatic hydroxyl groups is 1. The Hall–Kier alpha value is -0.780. The first kappa shape index (κ1) is 16.6. The summed E-state index contributed by atoms with van der Waals surface area (Å²) in [4.78, 5) is 2.29. The van der Waals surface area contributed by atoms with E-state index in [4.69, 9.17) is 4.74 Å². The number of piperidine rings is 1. The molecule has 118 valence electrons. The highest BCUT2D eigenvalue weighted by molar-refractivity contribution is 7.98. The predicted molar refractivity (Wildman–Crippen MR) is 85.4 cm³/mol. The van der Waals surface area contributed by atoms with Crippen LogP contribution in [0, 0.1) is 11.7 Å². The topological polar surface area (TPSA) is 32.7 Å². The van der Waals surface area contributed by atoms with Crippen LogP contribution >= 0.6 is 11.8 Å². The normalized spacial score (nSPS) is 21.2. The molecule has 0 aromatic heterocycles. The Morgan fingerprint density at radius 1 is 1.48 bits per heavy atom. The molecular formula is C16H24FNO2S. The molecule has 1 N–H and O–H groups in total. The molecule has 0 saturated carbocycles. The van der Waals surface area contributed by atoms with Gasteiger partial charge in [0.2, 0.25) is 0 Å². The number of nitrogens with zero attached hydrogens (tertiary/aromatic N) is 1. The van der Waals surface area contributed by atoms with E-state index in [9.17, 15) is 9.50 Å². The molecule has 1 saturated heterocycles. The van der Waals surface area contributed by atoms with E-state index in [1.165, 1.54) is 24.7 Å². The van der Waals surface area contributed by atoms with Crippen molar-refractivity contribution in [2.24, 2.45) is 5.92 Å². The molecule has 1 aromatic carbocycles. The molecule has 0 spiro atoms. The number of benzene rings is 1. The van der Waals surface area contributed by atoms with E-state index in [0.29, 0.717) is 12.5 Å². The van der Waals surface area contributed by atoms with Crippen molar-refractivity contribution >= 4 is 11.8 Å². The molecule has 2 rings (SSSR count). The summed E-state index contributed by atoms with van der Waals surface area (Å²) in [6.07, 6.45) is 4.01. The van der Waals surface area contributed by atoms with Gasteiger partial charge in [-0.1, -0.05) is 12.1 Å². The van der Waals surface area contributed by atoms with Gasteiger partial charge in [0.25, 0.3) is 0 Å². The van der Waals surface area contributed by atoms with E-state index in [1.54, 1.807) is 18.2 Å². The molecule has 1 aliphatic rings. The van der Waals surface area contributed by atoms with Crippen LogP contribution in [0.4, 0.5) is 4.39 Å². The van der Waals surface area contributed by atoms with Crippen LogP contribution in [0.15, 0.2) is 24.3 Å². The Labute approximate surface area is 130 Å². The number of ether oxygens (including phenoxy) is 1. The SMILES string of the molecule is CSCC1CCCN(CC(O)COc2ccccc2F)C1. The lowest BCUT2D eigenvalue weighted by molar-refractivity contribution is 0.0530. The van der Waals surface area contributed by atoms with Crippen molar-refractivity contribution in [2.45, 2.75) is 18.9 Å². The molecule has 0 aliphatic carbocycles. The number of rotatable bonds is 7. The molecule has 1 aliphatic heterocycles. The molecule has 21 heavy (non-hydrogen) atoms. The quantitative estimate of drug-likeness (QED) is 0.839. The molecule has 0 radical (unpaired) electrons. The Balaban J connectivity index is 1.74.